The number of halogens is 1. The third-order valence-electron chi connectivity index (χ3n) is 3.56. The van der Waals surface area contributed by atoms with Gasteiger partial charge in [0.15, 0.2) is 6.61 Å². The van der Waals surface area contributed by atoms with Crippen LogP contribution in [0, 0.1) is 18.3 Å². The molecule has 0 bridgehead atoms. The maximum Gasteiger partial charge on any atom is 0.236 e. The van der Waals surface area contributed by atoms with Gasteiger partial charge in [0.05, 0.1) is 0 Å². The summed E-state index contributed by atoms with van der Waals surface area (Å²) in [5.74, 6) is 1.36. The molecule has 0 saturated carbocycles. The molecule has 0 aliphatic heterocycles. The Balaban J connectivity index is 1.66. The molecule has 0 radical (unpaired) electrons. The van der Waals surface area contributed by atoms with Crippen molar-refractivity contribution in [2.45, 2.75) is 20.1 Å². The Kier molecular flexibility index (Phi) is 5.22. The number of nitriles is 1. The van der Waals surface area contributed by atoms with Crippen LogP contribution < -0.4 is 10.1 Å². The Morgan fingerprint density at radius 2 is 1.96 bits per heavy atom. The molecule has 0 fully saturated rings. The van der Waals surface area contributed by atoms with E-state index in [1.165, 1.54) is 0 Å². The second kappa shape index (κ2) is 7.73. The lowest BCUT2D eigenvalue weighted by Gasteiger charge is -2.05. The number of benzene rings is 2. The van der Waals surface area contributed by atoms with Crippen LogP contribution in [0.5, 0.6) is 5.75 Å². The van der Waals surface area contributed by atoms with E-state index in [1.807, 2.05) is 61.5 Å². The SMILES string of the molecule is Cc1ccc(OCc2nc(C#N)c(NCc3ccccc3Cl)o2)cc1. The Bertz CT molecular complexity index is 898. The van der Waals surface area contributed by atoms with E-state index in [0.29, 0.717) is 29.1 Å². The molecule has 3 aromatic rings. The molecule has 0 amide bonds. The fourth-order valence-electron chi connectivity index (χ4n) is 2.22. The van der Waals surface area contributed by atoms with Gasteiger partial charge in [-0.3, -0.25) is 0 Å². The number of aromatic nitrogens is 1. The van der Waals surface area contributed by atoms with Crippen LogP contribution in [0.1, 0.15) is 22.7 Å². The highest BCUT2D eigenvalue weighted by Gasteiger charge is 2.13. The van der Waals surface area contributed by atoms with Gasteiger partial charge in [-0.05, 0) is 30.7 Å². The first-order valence-corrected chi connectivity index (χ1v) is 8.10. The smallest absolute Gasteiger partial charge is 0.236 e. The highest BCUT2D eigenvalue weighted by atomic mass is 35.5. The van der Waals surface area contributed by atoms with Crippen molar-refractivity contribution in [3.05, 3.63) is 76.3 Å². The number of nitrogens with one attached hydrogen (secondary N) is 1. The number of hydrogen-bond acceptors (Lipinski definition) is 5. The number of rotatable bonds is 6. The van der Waals surface area contributed by atoms with Crippen molar-refractivity contribution in [3.8, 4) is 11.8 Å². The molecule has 0 spiro atoms. The number of nitrogens with zero attached hydrogens (tertiary/aromatic N) is 2. The topological polar surface area (TPSA) is 71.1 Å². The second-order valence-corrected chi connectivity index (χ2v) is 5.85. The lowest BCUT2D eigenvalue weighted by Crippen LogP contribution is -2.00. The predicted octanol–water partition coefficient (Wildman–Crippen LogP) is 4.70. The molecule has 6 heteroatoms. The average Bonchev–Trinajstić information content (AvgIpc) is 3.03. The van der Waals surface area contributed by atoms with Crippen molar-refractivity contribution < 1.29 is 9.15 Å². The van der Waals surface area contributed by atoms with Crippen molar-refractivity contribution in [1.82, 2.24) is 4.98 Å². The monoisotopic (exact) mass is 353 g/mol. The maximum atomic E-state index is 9.22. The predicted molar refractivity (Wildman–Crippen MR) is 95.5 cm³/mol. The lowest BCUT2D eigenvalue weighted by atomic mass is 10.2. The first kappa shape index (κ1) is 16.9. The molecule has 1 aromatic heterocycles. The highest BCUT2D eigenvalue weighted by Crippen LogP contribution is 2.21. The minimum atomic E-state index is 0.144. The number of anilines is 1. The molecule has 0 aliphatic carbocycles. The fourth-order valence-corrected chi connectivity index (χ4v) is 2.42. The molecule has 0 unspecified atom stereocenters. The second-order valence-electron chi connectivity index (χ2n) is 5.44. The Hall–Kier alpha value is -2.97. The summed E-state index contributed by atoms with van der Waals surface area (Å²) in [6, 6.07) is 17.2. The third-order valence-corrected chi connectivity index (χ3v) is 3.93. The van der Waals surface area contributed by atoms with E-state index in [0.717, 1.165) is 11.1 Å². The quantitative estimate of drug-likeness (QED) is 0.695. The standard InChI is InChI=1S/C19H16ClN3O2/c1-13-6-8-15(9-7-13)24-12-18-23-17(10-21)19(25-18)22-11-14-4-2-3-5-16(14)20/h2-9,22H,11-12H2,1H3. The van der Waals surface area contributed by atoms with Crippen LogP contribution >= 0.6 is 11.6 Å². The minimum absolute atomic E-state index is 0.144. The molecule has 1 N–H and O–H groups in total. The minimum Gasteiger partial charge on any atom is -0.484 e. The zero-order chi connectivity index (χ0) is 17.6. The summed E-state index contributed by atoms with van der Waals surface area (Å²) in [6.45, 7) is 2.58. The lowest BCUT2D eigenvalue weighted by molar-refractivity contribution is 0.264. The molecule has 5 nitrogen and oxygen atoms in total. The summed E-state index contributed by atoms with van der Waals surface area (Å²) in [4.78, 5) is 4.15. The van der Waals surface area contributed by atoms with Crippen molar-refractivity contribution in [3.63, 3.8) is 0 Å². The van der Waals surface area contributed by atoms with Gasteiger partial charge in [0.2, 0.25) is 17.5 Å². The molecular weight excluding hydrogens is 338 g/mol. The average molecular weight is 354 g/mol. The molecule has 126 valence electrons. The zero-order valence-corrected chi connectivity index (χ0v) is 14.4. The molecule has 0 atom stereocenters. The fraction of sp³-hybridized carbons (Fsp3) is 0.158. The molecule has 3 rings (SSSR count). The molecule has 25 heavy (non-hydrogen) atoms. The highest BCUT2D eigenvalue weighted by molar-refractivity contribution is 6.31. The van der Waals surface area contributed by atoms with Gasteiger partial charge in [0, 0.05) is 11.6 Å². The normalized spacial score (nSPS) is 10.3. The van der Waals surface area contributed by atoms with Crippen LogP contribution in [0.2, 0.25) is 5.02 Å². The number of hydrogen-bond donors (Lipinski definition) is 1. The van der Waals surface area contributed by atoms with E-state index in [1.54, 1.807) is 0 Å². The van der Waals surface area contributed by atoms with Crippen LogP contribution in [0.25, 0.3) is 0 Å². The molecule has 0 aliphatic rings. The largest absolute Gasteiger partial charge is 0.484 e. The molecular formula is C19H16ClN3O2. The number of aryl methyl sites for hydroxylation is 1. The summed E-state index contributed by atoms with van der Waals surface area (Å²) in [6.07, 6.45) is 0. The number of ether oxygens (including phenoxy) is 1. The van der Waals surface area contributed by atoms with Crippen LogP contribution in [-0.4, -0.2) is 4.98 Å². The van der Waals surface area contributed by atoms with E-state index in [9.17, 15) is 5.26 Å². The van der Waals surface area contributed by atoms with E-state index in [-0.39, 0.29) is 12.3 Å². The van der Waals surface area contributed by atoms with Crippen LogP contribution in [0.15, 0.2) is 52.9 Å². The maximum absolute atomic E-state index is 9.22. The van der Waals surface area contributed by atoms with E-state index in [2.05, 4.69) is 10.3 Å². The zero-order valence-electron chi connectivity index (χ0n) is 13.6. The van der Waals surface area contributed by atoms with Gasteiger partial charge in [-0.25, -0.2) is 0 Å². The van der Waals surface area contributed by atoms with Crippen molar-refractivity contribution in [1.29, 1.82) is 5.26 Å². The van der Waals surface area contributed by atoms with Gasteiger partial charge in [-0.2, -0.15) is 10.2 Å². The Labute approximate surface area is 150 Å². The number of oxazole rings is 1. The summed E-state index contributed by atoms with van der Waals surface area (Å²) in [5, 5.41) is 12.9. The van der Waals surface area contributed by atoms with Crippen molar-refractivity contribution >= 4 is 17.5 Å². The van der Waals surface area contributed by atoms with Crippen LogP contribution in [0.3, 0.4) is 0 Å². The first-order chi connectivity index (χ1) is 12.2. The molecule has 0 saturated heterocycles. The van der Waals surface area contributed by atoms with Gasteiger partial charge in [-0.15, -0.1) is 0 Å². The van der Waals surface area contributed by atoms with Gasteiger partial charge < -0.3 is 14.5 Å². The Morgan fingerprint density at radius 1 is 1.20 bits per heavy atom. The summed E-state index contributed by atoms with van der Waals surface area (Å²) in [5.41, 5.74) is 2.25. The van der Waals surface area contributed by atoms with Crippen LogP contribution in [-0.2, 0) is 13.2 Å². The van der Waals surface area contributed by atoms with Crippen molar-refractivity contribution in [2.75, 3.05) is 5.32 Å². The molecule has 1 heterocycles. The van der Waals surface area contributed by atoms with Gasteiger partial charge >= 0.3 is 0 Å². The summed E-state index contributed by atoms with van der Waals surface area (Å²) in [7, 11) is 0. The van der Waals surface area contributed by atoms with Crippen LogP contribution in [0.4, 0.5) is 5.88 Å². The molecule has 2 aromatic carbocycles. The first-order valence-electron chi connectivity index (χ1n) is 7.72. The van der Waals surface area contributed by atoms with Crippen molar-refractivity contribution in [2.24, 2.45) is 0 Å². The van der Waals surface area contributed by atoms with Gasteiger partial charge in [0.25, 0.3) is 0 Å². The summed E-state index contributed by atoms with van der Waals surface area (Å²) < 4.78 is 11.2. The van der Waals surface area contributed by atoms with E-state index >= 15 is 0 Å². The Morgan fingerprint density at radius 3 is 2.68 bits per heavy atom. The van der Waals surface area contributed by atoms with E-state index < -0.39 is 0 Å². The van der Waals surface area contributed by atoms with Gasteiger partial charge in [-0.1, -0.05) is 47.5 Å². The summed E-state index contributed by atoms with van der Waals surface area (Å²) >= 11 is 6.13. The third kappa shape index (κ3) is 4.31. The van der Waals surface area contributed by atoms with Gasteiger partial charge in [0.1, 0.15) is 11.8 Å². The van der Waals surface area contributed by atoms with E-state index in [4.69, 9.17) is 20.8 Å².